The average Bonchev–Trinajstić information content (AvgIpc) is 3.02. The molecule has 2 aliphatic heterocycles. The molecule has 2 heterocycles. The van der Waals surface area contributed by atoms with Gasteiger partial charge < -0.3 is 21.4 Å². The van der Waals surface area contributed by atoms with E-state index in [1.54, 1.807) is 0 Å². The van der Waals surface area contributed by atoms with E-state index in [4.69, 9.17) is 9.68 Å². The van der Waals surface area contributed by atoms with E-state index in [1.165, 1.54) is 11.8 Å². The Morgan fingerprint density at radius 3 is 1.88 bits per heavy atom. The summed E-state index contributed by atoms with van der Waals surface area (Å²) in [5, 5.41) is 9.28. The van der Waals surface area contributed by atoms with Crippen molar-refractivity contribution in [3.8, 4) is 0 Å². The maximum Gasteiger partial charge on any atom is 0.147 e. The second-order valence-electron chi connectivity index (χ2n) is 5.80. The first-order chi connectivity index (χ1) is 10.2. The summed E-state index contributed by atoms with van der Waals surface area (Å²) in [5.41, 5.74) is -0.347. The fourth-order valence-corrected chi connectivity index (χ4v) is 3.07. The molecule has 5 nitrogen and oxygen atoms in total. The fourth-order valence-electron chi connectivity index (χ4n) is 1.57. The van der Waals surface area contributed by atoms with E-state index in [0.717, 1.165) is 11.5 Å². The first kappa shape index (κ1) is 31.4. The Kier molecular flexibility index (Phi) is 20.5. The molecule has 0 spiro atoms. The van der Waals surface area contributed by atoms with Crippen LogP contribution in [0.3, 0.4) is 0 Å². The number of thioether (sulfide) groups is 1. The quantitative estimate of drug-likeness (QED) is 0.254. The molecule has 1 unspecified atom stereocenters. The molecule has 1 atom stereocenters. The molecule has 1 radical (unpaired) electrons. The Morgan fingerprint density at radius 1 is 1.17 bits per heavy atom. The van der Waals surface area contributed by atoms with Gasteiger partial charge in [-0.2, -0.15) is 0 Å². The Balaban J connectivity index is -0.000000313. The van der Waals surface area contributed by atoms with Gasteiger partial charge in [0.1, 0.15) is 16.2 Å². The van der Waals surface area contributed by atoms with Crippen LogP contribution in [0.15, 0.2) is 10.3 Å². The number of hydrogen-bond acceptors (Lipinski definition) is 6. The SMILES string of the molecule is CCS(=O)C1=NOC(C)(C)C1.I.II.[CH2-]SC1=NOC(C)(C)C1.[Y]. The standard InChI is InChI=1S/C7H13NO2S.C6H10NOS.I2.HI.Y/c1-4-11(9)6-5-7(2,3)10-8-6;1-6(2)4-5(9-3)7-8-6;1-2;;/h4-5H2,1-3H3;3-4H2,1-2H3;;1H;/q;-1;;;. The first-order valence-electron chi connectivity index (χ1n) is 6.64. The van der Waals surface area contributed by atoms with Crippen LogP contribution >= 0.6 is 73.0 Å². The minimum Gasteiger partial charge on any atom is -0.389 e. The summed E-state index contributed by atoms with van der Waals surface area (Å²) in [6.45, 7) is 9.79. The van der Waals surface area contributed by atoms with E-state index >= 15 is 0 Å². The monoisotopic (exact) mass is 790 g/mol. The number of halogens is 3. The molecule has 0 N–H and O–H groups in total. The molecule has 0 aromatic carbocycles. The van der Waals surface area contributed by atoms with Crippen molar-refractivity contribution in [1.82, 2.24) is 0 Å². The van der Waals surface area contributed by atoms with Gasteiger partial charge in [0.05, 0.1) is 15.8 Å². The van der Waals surface area contributed by atoms with Gasteiger partial charge in [-0.05, 0) is 27.7 Å². The maximum absolute atomic E-state index is 11.2. The molecular weight excluding hydrogens is 766 g/mol. The topological polar surface area (TPSA) is 60.2 Å². The van der Waals surface area contributed by atoms with Crippen molar-refractivity contribution in [3.63, 3.8) is 0 Å². The second kappa shape index (κ2) is 15.6. The van der Waals surface area contributed by atoms with Crippen molar-refractivity contribution in [1.29, 1.82) is 0 Å². The molecule has 2 rings (SSSR count). The van der Waals surface area contributed by atoms with Gasteiger partial charge in [0.15, 0.2) is 0 Å². The van der Waals surface area contributed by atoms with Gasteiger partial charge in [-0.1, -0.05) is 17.2 Å². The summed E-state index contributed by atoms with van der Waals surface area (Å²) >= 11 is 5.65. The summed E-state index contributed by atoms with van der Waals surface area (Å²) in [6.07, 6.45) is 5.22. The molecule has 141 valence electrons. The van der Waals surface area contributed by atoms with Gasteiger partial charge in [-0.15, -0.1) is 24.0 Å². The number of hydrogen-bond donors (Lipinski definition) is 0. The van der Waals surface area contributed by atoms with Crippen LogP contribution in [-0.2, 0) is 53.2 Å². The average molecular weight is 790 g/mol. The summed E-state index contributed by atoms with van der Waals surface area (Å²) in [7, 11) is -0.924. The summed E-state index contributed by atoms with van der Waals surface area (Å²) in [6, 6.07) is 0. The van der Waals surface area contributed by atoms with Crippen molar-refractivity contribution in [2.45, 2.75) is 58.7 Å². The van der Waals surface area contributed by atoms with Crippen LogP contribution < -0.4 is 0 Å². The van der Waals surface area contributed by atoms with E-state index in [-0.39, 0.29) is 67.9 Å². The number of rotatable bonds is 1. The molecule has 2 aliphatic rings. The van der Waals surface area contributed by atoms with Crippen LogP contribution in [0.5, 0.6) is 0 Å². The maximum atomic E-state index is 11.2. The van der Waals surface area contributed by atoms with Crippen LogP contribution in [0.2, 0.25) is 0 Å². The zero-order chi connectivity index (χ0) is 17.4. The molecular formula is C13H24I3N2O3S2Y-. The van der Waals surface area contributed by atoms with Crippen LogP contribution in [0.4, 0.5) is 0 Å². The molecule has 0 saturated carbocycles. The van der Waals surface area contributed by atoms with Gasteiger partial charge >= 0.3 is 0 Å². The molecule has 0 bridgehead atoms. The summed E-state index contributed by atoms with van der Waals surface area (Å²) in [5.74, 6) is 0.623. The molecule has 24 heavy (non-hydrogen) atoms. The molecule has 0 saturated heterocycles. The Morgan fingerprint density at radius 2 is 1.62 bits per heavy atom. The predicted octanol–water partition coefficient (Wildman–Crippen LogP) is 5.68. The van der Waals surface area contributed by atoms with Gasteiger partial charge in [0.25, 0.3) is 0 Å². The molecule has 0 aromatic rings. The normalized spacial score (nSPS) is 20.0. The zero-order valence-electron chi connectivity index (χ0n) is 14.5. The first-order valence-corrected chi connectivity index (χ1v) is 15.2. The molecule has 11 heteroatoms. The third-order valence-corrected chi connectivity index (χ3v) is 4.46. The fraction of sp³-hybridized carbons (Fsp3) is 0.769. The van der Waals surface area contributed by atoms with E-state index in [0.29, 0.717) is 17.2 Å². The molecule has 0 aliphatic carbocycles. The second-order valence-corrected chi connectivity index (χ2v) is 8.30. The Hall–Kier alpha value is 2.73. The van der Waals surface area contributed by atoms with E-state index < -0.39 is 10.8 Å². The predicted molar refractivity (Wildman–Crippen MR) is 130 cm³/mol. The number of nitrogens with zero attached hydrogens (tertiary/aromatic N) is 2. The van der Waals surface area contributed by atoms with Crippen LogP contribution in [0.1, 0.15) is 47.5 Å². The smallest absolute Gasteiger partial charge is 0.147 e. The van der Waals surface area contributed by atoms with Crippen LogP contribution in [-0.4, -0.2) is 31.3 Å². The molecule has 0 fully saturated rings. The summed E-state index contributed by atoms with van der Waals surface area (Å²) < 4.78 is 11.2. The molecule has 0 amide bonds. The van der Waals surface area contributed by atoms with Crippen LogP contribution in [0, 0.1) is 6.26 Å². The third-order valence-electron chi connectivity index (χ3n) is 2.63. The Bertz CT molecular complexity index is 450. The van der Waals surface area contributed by atoms with Crippen molar-refractivity contribution < 1.29 is 46.6 Å². The van der Waals surface area contributed by atoms with E-state index in [2.05, 4.69) is 53.8 Å². The van der Waals surface area contributed by atoms with Crippen molar-refractivity contribution in [2.75, 3.05) is 5.75 Å². The van der Waals surface area contributed by atoms with Gasteiger partial charge in [-0.3, -0.25) is 10.5 Å². The van der Waals surface area contributed by atoms with E-state index in [1.807, 2.05) is 34.6 Å². The van der Waals surface area contributed by atoms with Crippen molar-refractivity contribution in [2.24, 2.45) is 10.3 Å². The van der Waals surface area contributed by atoms with E-state index in [9.17, 15) is 4.21 Å². The number of oxime groups is 2. The van der Waals surface area contributed by atoms with Crippen molar-refractivity contribution in [3.05, 3.63) is 6.26 Å². The zero-order valence-corrected chi connectivity index (χ0v) is 25.6. The minimum atomic E-state index is -0.924. The third kappa shape index (κ3) is 13.0. The summed E-state index contributed by atoms with van der Waals surface area (Å²) in [4.78, 5) is 10.1. The van der Waals surface area contributed by atoms with Crippen molar-refractivity contribution >= 4 is 93.9 Å². The van der Waals surface area contributed by atoms with Crippen LogP contribution in [0.25, 0.3) is 0 Å². The van der Waals surface area contributed by atoms with Gasteiger partial charge in [0.2, 0.25) is 0 Å². The van der Waals surface area contributed by atoms with Gasteiger partial charge in [-0.25, -0.2) is 0 Å². The van der Waals surface area contributed by atoms with Gasteiger partial charge in [0, 0.05) is 88.5 Å². The largest absolute Gasteiger partial charge is 0.389 e. The molecule has 0 aromatic heterocycles. The Labute approximate surface area is 218 Å². The minimum absolute atomic E-state index is 0.